The molecule has 8 heteroatoms. The van der Waals surface area contributed by atoms with Gasteiger partial charge in [0.25, 0.3) is 5.91 Å². The van der Waals surface area contributed by atoms with Crippen molar-refractivity contribution in [1.82, 2.24) is 5.32 Å². The Balaban J connectivity index is 0.00000261. The minimum Gasteiger partial charge on any atom is -0.480 e. The SMILES string of the molecule is CC(Oc1ccccc1C(F)(F)F)C(=O)NC1C2CCCC1CC(N)C2.Cl. The highest BCUT2D eigenvalue weighted by Crippen LogP contribution is 2.40. The van der Waals surface area contributed by atoms with Gasteiger partial charge in [-0.15, -0.1) is 12.4 Å². The van der Waals surface area contributed by atoms with Gasteiger partial charge in [-0.2, -0.15) is 13.2 Å². The van der Waals surface area contributed by atoms with E-state index in [9.17, 15) is 18.0 Å². The van der Waals surface area contributed by atoms with Gasteiger partial charge in [-0.3, -0.25) is 4.79 Å². The van der Waals surface area contributed by atoms with Gasteiger partial charge in [0.2, 0.25) is 0 Å². The summed E-state index contributed by atoms with van der Waals surface area (Å²) in [6.07, 6.45) is -0.568. The third-order valence-electron chi connectivity index (χ3n) is 5.55. The van der Waals surface area contributed by atoms with Crippen molar-refractivity contribution < 1.29 is 22.7 Å². The lowest BCUT2D eigenvalue weighted by molar-refractivity contribution is -0.141. The molecule has 2 saturated carbocycles. The van der Waals surface area contributed by atoms with Crippen molar-refractivity contribution >= 4 is 18.3 Å². The highest BCUT2D eigenvalue weighted by Gasteiger charge is 2.41. The molecule has 2 bridgehead atoms. The van der Waals surface area contributed by atoms with Gasteiger partial charge in [-0.05, 0) is 56.6 Å². The Morgan fingerprint density at radius 3 is 2.41 bits per heavy atom. The van der Waals surface area contributed by atoms with Gasteiger partial charge in [-0.1, -0.05) is 18.6 Å². The standard InChI is InChI=1S/C19H25F3N2O2.ClH/c1-11(26-16-8-3-2-7-15(16)19(20,21)22)18(25)24-17-12-5-4-6-13(17)10-14(23)9-12;/h2-3,7-8,11-14,17H,4-6,9-10,23H2,1H3,(H,24,25);1H. The predicted molar refractivity (Wildman–Crippen MR) is 98.8 cm³/mol. The van der Waals surface area contributed by atoms with Crippen LogP contribution in [0.25, 0.3) is 0 Å². The van der Waals surface area contributed by atoms with E-state index in [1.165, 1.54) is 25.1 Å². The number of para-hydroxylation sites is 1. The number of carbonyl (C=O) groups excluding carboxylic acids is 1. The van der Waals surface area contributed by atoms with Crippen molar-refractivity contribution in [2.75, 3.05) is 0 Å². The fourth-order valence-corrected chi connectivity index (χ4v) is 4.35. The number of fused-ring (bicyclic) bond motifs is 2. The van der Waals surface area contributed by atoms with E-state index in [4.69, 9.17) is 10.5 Å². The Bertz CT molecular complexity index is 642. The summed E-state index contributed by atoms with van der Waals surface area (Å²) in [7, 11) is 0. The highest BCUT2D eigenvalue weighted by atomic mass is 35.5. The maximum absolute atomic E-state index is 13.1. The molecule has 0 radical (unpaired) electrons. The van der Waals surface area contributed by atoms with Crippen molar-refractivity contribution in [3.8, 4) is 5.75 Å². The summed E-state index contributed by atoms with van der Waals surface area (Å²) >= 11 is 0. The van der Waals surface area contributed by atoms with E-state index in [1.54, 1.807) is 0 Å². The molecular weight excluding hydrogens is 381 g/mol. The summed E-state index contributed by atoms with van der Waals surface area (Å²) in [6.45, 7) is 1.48. The molecule has 4 nitrogen and oxygen atoms in total. The average molecular weight is 407 g/mol. The second-order valence-electron chi connectivity index (χ2n) is 7.47. The molecule has 0 aliphatic heterocycles. The number of benzene rings is 1. The monoisotopic (exact) mass is 406 g/mol. The molecule has 2 aliphatic carbocycles. The Kier molecular flexibility index (Phi) is 7.03. The van der Waals surface area contributed by atoms with Crippen LogP contribution in [0.3, 0.4) is 0 Å². The van der Waals surface area contributed by atoms with E-state index >= 15 is 0 Å². The van der Waals surface area contributed by atoms with Gasteiger partial charge in [0, 0.05) is 12.1 Å². The largest absolute Gasteiger partial charge is 0.480 e. The highest BCUT2D eigenvalue weighted by molar-refractivity contribution is 5.85. The van der Waals surface area contributed by atoms with E-state index in [1.807, 2.05) is 0 Å². The lowest BCUT2D eigenvalue weighted by Gasteiger charge is -2.45. The van der Waals surface area contributed by atoms with E-state index < -0.39 is 17.8 Å². The molecule has 0 spiro atoms. The molecule has 1 aromatic carbocycles. The minimum atomic E-state index is -4.52. The second kappa shape index (κ2) is 8.69. The van der Waals surface area contributed by atoms with Crippen LogP contribution >= 0.6 is 12.4 Å². The van der Waals surface area contributed by atoms with Gasteiger partial charge >= 0.3 is 6.18 Å². The predicted octanol–water partition coefficient (Wildman–Crippen LogP) is 3.92. The molecule has 0 saturated heterocycles. The molecule has 3 atom stereocenters. The zero-order valence-corrected chi connectivity index (χ0v) is 16.0. The van der Waals surface area contributed by atoms with E-state index in [2.05, 4.69) is 5.32 Å². The first-order valence-corrected chi connectivity index (χ1v) is 9.14. The fraction of sp³-hybridized carbons (Fsp3) is 0.632. The number of rotatable bonds is 4. The topological polar surface area (TPSA) is 64.3 Å². The Labute approximate surface area is 163 Å². The molecule has 152 valence electrons. The molecule has 1 amide bonds. The third-order valence-corrected chi connectivity index (χ3v) is 5.55. The molecule has 2 fully saturated rings. The zero-order chi connectivity index (χ0) is 18.9. The number of hydrogen-bond acceptors (Lipinski definition) is 3. The van der Waals surface area contributed by atoms with Crippen LogP contribution in [0.5, 0.6) is 5.75 Å². The Hall–Kier alpha value is -1.47. The number of halogens is 4. The van der Waals surface area contributed by atoms with Crippen LogP contribution in [0, 0.1) is 11.8 Å². The van der Waals surface area contributed by atoms with Gasteiger partial charge in [-0.25, -0.2) is 0 Å². The molecule has 0 aromatic heterocycles. The van der Waals surface area contributed by atoms with Crippen LogP contribution in [0.1, 0.15) is 44.6 Å². The zero-order valence-electron chi connectivity index (χ0n) is 15.2. The van der Waals surface area contributed by atoms with Gasteiger partial charge in [0.05, 0.1) is 5.56 Å². The number of nitrogens with one attached hydrogen (secondary N) is 1. The molecule has 0 heterocycles. The van der Waals surface area contributed by atoms with Gasteiger partial charge < -0.3 is 15.8 Å². The number of hydrogen-bond donors (Lipinski definition) is 2. The molecule has 2 aliphatic rings. The second-order valence-corrected chi connectivity index (χ2v) is 7.47. The van der Waals surface area contributed by atoms with Crippen molar-refractivity contribution in [2.45, 2.75) is 63.4 Å². The summed E-state index contributed by atoms with van der Waals surface area (Å²) in [5, 5.41) is 3.02. The molecule has 3 rings (SSSR count). The first-order valence-electron chi connectivity index (χ1n) is 9.14. The van der Waals surface area contributed by atoms with Crippen molar-refractivity contribution in [2.24, 2.45) is 17.6 Å². The first-order chi connectivity index (χ1) is 12.3. The van der Waals surface area contributed by atoms with Crippen molar-refractivity contribution in [3.05, 3.63) is 29.8 Å². The maximum Gasteiger partial charge on any atom is 0.419 e. The van der Waals surface area contributed by atoms with Crippen LogP contribution in [0.15, 0.2) is 24.3 Å². The summed E-state index contributed by atoms with van der Waals surface area (Å²) in [6, 6.07) is 5.16. The number of alkyl halides is 3. The summed E-state index contributed by atoms with van der Waals surface area (Å²) in [4.78, 5) is 12.5. The van der Waals surface area contributed by atoms with Crippen molar-refractivity contribution in [3.63, 3.8) is 0 Å². The maximum atomic E-state index is 13.1. The van der Waals surface area contributed by atoms with Crippen LogP contribution < -0.4 is 15.8 Å². The van der Waals surface area contributed by atoms with E-state index in [0.29, 0.717) is 11.8 Å². The lowest BCUT2D eigenvalue weighted by atomic mass is 9.67. The summed E-state index contributed by atoms with van der Waals surface area (Å²) in [5.74, 6) is -0.0138. The van der Waals surface area contributed by atoms with E-state index in [0.717, 1.165) is 38.2 Å². The fourth-order valence-electron chi connectivity index (χ4n) is 4.35. The third kappa shape index (κ3) is 5.08. The number of amides is 1. The summed E-state index contributed by atoms with van der Waals surface area (Å²) in [5.41, 5.74) is 5.22. The molecule has 3 unspecified atom stereocenters. The normalized spacial score (nSPS) is 28.6. The average Bonchev–Trinajstić information content (AvgIpc) is 2.55. The Morgan fingerprint density at radius 1 is 1.22 bits per heavy atom. The quantitative estimate of drug-likeness (QED) is 0.796. The molecular formula is C19H26ClF3N2O2. The first kappa shape index (κ1) is 21.8. The summed E-state index contributed by atoms with van der Waals surface area (Å²) < 4.78 is 44.6. The number of ether oxygens (including phenoxy) is 1. The lowest BCUT2D eigenvalue weighted by Crippen LogP contribution is -2.55. The molecule has 1 aromatic rings. The van der Waals surface area contributed by atoms with Crippen LogP contribution in [-0.4, -0.2) is 24.1 Å². The van der Waals surface area contributed by atoms with Crippen molar-refractivity contribution in [1.29, 1.82) is 0 Å². The van der Waals surface area contributed by atoms with Gasteiger partial charge in [0.1, 0.15) is 5.75 Å². The molecule has 27 heavy (non-hydrogen) atoms. The van der Waals surface area contributed by atoms with Crippen LogP contribution in [0.2, 0.25) is 0 Å². The smallest absolute Gasteiger partial charge is 0.419 e. The number of nitrogens with two attached hydrogens (primary N) is 1. The van der Waals surface area contributed by atoms with Gasteiger partial charge in [0.15, 0.2) is 6.10 Å². The number of carbonyl (C=O) groups is 1. The van der Waals surface area contributed by atoms with Crippen LogP contribution in [0.4, 0.5) is 13.2 Å². The van der Waals surface area contributed by atoms with E-state index in [-0.39, 0.29) is 36.1 Å². The Morgan fingerprint density at radius 2 is 1.81 bits per heavy atom. The van der Waals surface area contributed by atoms with Crippen LogP contribution in [-0.2, 0) is 11.0 Å². The molecule has 3 N–H and O–H groups in total. The minimum absolute atomic E-state index is 0.